The van der Waals surface area contributed by atoms with E-state index >= 15 is 0 Å². The highest BCUT2D eigenvalue weighted by atomic mass is 16.5. The Labute approximate surface area is 166 Å². The fraction of sp³-hybridized carbons (Fsp3) is 0.136. The molecule has 0 aliphatic carbocycles. The maximum Gasteiger partial charge on any atom is 0.152 e. The molecule has 0 atom stereocenters. The average molecular weight is 384 g/mol. The molecule has 3 heterocycles. The van der Waals surface area contributed by atoms with E-state index in [2.05, 4.69) is 37.5 Å². The Morgan fingerprint density at radius 2 is 1.90 bits per heavy atom. The fourth-order valence-corrected chi connectivity index (χ4v) is 3.59. The van der Waals surface area contributed by atoms with Crippen LogP contribution in [0.15, 0.2) is 60.8 Å². The first-order valence-corrected chi connectivity index (χ1v) is 9.53. The van der Waals surface area contributed by atoms with Crippen molar-refractivity contribution in [3.8, 4) is 17.0 Å². The monoisotopic (exact) mass is 384 g/mol. The first-order chi connectivity index (χ1) is 14.3. The Balaban J connectivity index is 1.44. The zero-order valence-corrected chi connectivity index (χ0v) is 15.7. The number of nitrogen functional groups attached to an aromatic ring is 1. The van der Waals surface area contributed by atoms with Crippen LogP contribution in [0.1, 0.15) is 12.1 Å². The number of aryl methyl sites for hydroxylation is 1. The van der Waals surface area contributed by atoms with Crippen LogP contribution in [-0.2, 0) is 6.42 Å². The second-order valence-electron chi connectivity index (χ2n) is 6.89. The first-order valence-electron chi connectivity index (χ1n) is 9.53. The van der Waals surface area contributed by atoms with Gasteiger partial charge in [0.1, 0.15) is 11.3 Å². The lowest BCUT2D eigenvalue weighted by molar-refractivity contribution is 0.310. The third-order valence-corrected chi connectivity index (χ3v) is 4.99. The number of para-hydroxylation sites is 1. The molecule has 0 fully saturated rings. The van der Waals surface area contributed by atoms with Gasteiger partial charge in [-0.3, -0.25) is 10.2 Å². The van der Waals surface area contributed by atoms with Crippen LogP contribution in [-0.4, -0.2) is 32.0 Å². The molecule has 0 amide bonds. The van der Waals surface area contributed by atoms with E-state index < -0.39 is 0 Å². The molecule has 0 saturated carbocycles. The number of anilines is 1. The Kier molecular flexibility index (Phi) is 4.32. The van der Waals surface area contributed by atoms with E-state index in [9.17, 15) is 0 Å². The maximum absolute atomic E-state index is 6.20. The van der Waals surface area contributed by atoms with E-state index in [1.807, 2.05) is 42.5 Å². The van der Waals surface area contributed by atoms with Crippen molar-refractivity contribution in [1.29, 1.82) is 0 Å². The number of nitrogens with zero attached hydrogens (tertiary/aromatic N) is 3. The van der Waals surface area contributed by atoms with Gasteiger partial charge in [0.2, 0.25) is 0 Å². The highest BCUT2D eigenvalue weighted by Gasteiger charge is 2.14. The molecule has 5 aromatic rings. The van der Waals surface area contributed by atoms with E-state index in [4.69, 9.17) is 10.5 Å². The van der Waals surface area contributed by atoms with Crippen molar-refractivity contribution < 1.29 is 4.74 Å². The first kappa shape index (κ1) is 17.2. The quantitative estimate of drug-likeness (QED) is 0.382. The molecule has 4 N–H and O–H groups in total. The molecular formula is C22H20N6O. The largest absolute Gasteiger partial charge is 0.494 e. The molecule has 3 aromatic heterocycles. The van der Waals surface area contributed by atoms with Crippen LogP contribution in [0.25, 0.3) is 33.1 Å². The summed E-state index contributed by atoms with van der Waals surface area (Å²) in [6.07, 6.45) is 3.41. The Hall–Kier alpha value is -3.87. The summed E-state index contributed by atoms with van der Waals surface area (Å²) in [6.45, 7) is 0.632. The van der Waals surface area contributed by atoms with E-state index in [1.54, 1.807) is 6.20 Å². The third-order valence-electron chi connectivity index (χ3n) is 4.99. The molecule has 0 unspecified atom stereocenters. The van der Waals surface area contributed by atoms with Crippen molar-refractivity contribution >= 4 is 27.6 Å². The van der Waals surface area contributed by atoms with Gasteiger partial charge in [0.25, 0.3) is 0 Å². The lowest BCUT2D eigenvalue weighted by Crippen LogP contribution is -2.00. The summed E-state index contributed by atoms with van der Waals surface area (Å²) >= 11 is 0. The number of hydrogen-bond donors (Lipinski definition) is 3. The number of fused-ring (bicyclic) bond motifs is 3. The van der Waals surface area contributed by atoms with Gasteiger partial charge in [-0.1, -0.05) is 30.3 Å². The molecule has 7 heteroatoms. The van der Waals surface area contributed by atoms with Gasteiger partial charge in [0, 0.05) is 28.2 Å². The zero-order valence-electron chi connectivity index (χ0n) is 15.7. The summed E-state index contributed by atoms with van der Waals surface area (Å²) in [4.78, 5) is 4.56. The van der Waals surface area contributed by atoms with Gasteiger partial charge in [0.15, 0.2) is 5.82 Å². The molecule has 0 bridgehead atoms. The predicted octanol–water partition coefficient (Wildman–Crippen LogP) is 4.10. The minimum absolute atomic E-state index is 0.428. The van der Waals surface area contributed by atoms with Crippen molar-refractivity contribution in [3.63, 3.8) is 0 Å². The van der Waals surface area contributed by atoms with Crippen LogP contribution >= 0.6 is 0 Å². The number of aromatic amines is 2. The lowest BCUT2D eigenvalue weighted by atomic mass is 10.0. The summed E-state index contributed by atoms with van der Waals surface area (Å²) in [5.41, 5.74) is 10.8. The van der Waals surface area contributed by atoms with Gasteiger partial charge in [-0.2, -0.15) is 10.2 Å². The standard InChI is InChI=1S/C22H20N6O/c23-22-21-20(16-9-8-14(13-19(16)25-22)17-10-11-24-26-17)18(27-28-21)7-4-12-29-15-5-2-1-3-6-15/h1-3,5-6,8-11,13H,4,7,12H2,(H2,23,25)(H,24,26)(H,27,28). The number of nitrogens with two attached hydrogens (primary N) is 1. The van der Waals surface area contributed by atoms with Gasteiger partial charge in [-0.05, 0) is 37.1 Å². The van der Waals surface area contributed by atoms with Gasteiger partial charge >= 0.3 is 0 Å². The van der Waals surface area contributed by atoms with Crippen LogP contribution in [0, 0.1) is 0 Å². The normalized spacial score (nSPS) is 11.3. The molecule has 0 radical (unpaired) electrons. The third kappa shape index (κ3) is 3.27. The van der Waals surface area contributed by atoms with Crippen LogP contribution < -0.4 is 10.5 Å². The molecule has 7 nitrogen and oxygen atoms in total. The maximum atomic E-state index is 6.20. The number of nitrogens with one attached hydrogen (secondary N) is 2. The molecule has 5 rings (SSSR count). The highest BCUT2D eigenvalue weighted by molar-refractivity contribution is 6.10. The van der Waals surface area contributed by atoms with Crippen molar-refractivity contribution in [2.75, 3.05) is 12.3 Å². The number of pyridine rings is 1. The second kappa shape index (κ2) is 7.27. The van der Waals surface area contributed by atoms with Gasteiger partial charge in [0.05, 0.1) is 17.8 Å². The Morgan fingerprint density at radius 1 is 1.00 bits per heavy atom. The van der Waals surface area contributed by atoms with Gasteiger partial charge < -0.3 is 10.5 Å². The molecule has 29 heavy (non-hydrogen) atoms. The average Bonchev–Trinajstić information content (AvgIpc) is 3.42. The van der Waals surface area contributed by atoms with Crippen LogP contribution in [0.3, 0.4) is 0 Å². The van der Waals surface area contributed by atoms with Crippen LogP contribution in [0.5, 0.6) is 5.75 Å². The number of ether oxygens (including phenoxy) is 1. The van der Waals surface area contributed by atoms with Crippen LogP contribution in [0.2, 0.25) is 0 Å². The van der Waals surface area contributed by atoms with Crippen molar-refractivity contribution in [1.82, 2.24) is 25.4 Å². The minimum atomic E-state index is 0.428. The Morgan fingerprint density at radius 3 is 2.72 bits per heavy atom. The Bertz CT molecular complexity index is 1260. The molecule has 0 aliphatic rings. The van der Waals surface area contributed by atoms with E-state index in [0.717, 1.165) is 51.8 Å². The summed E-state index contributed by atoms with van der Waals surface area (Å²) in [5.74, 6) is 1.31. The number of H-pyrrole nitrogens is 2. The molecular weight excluding hydrogens is 364 g/mol. The number of rotatable bonds is 6. The van der Waals surface area contributed by atoms with Crippen molar-refractivity contribution in [2.45, 2.75) is 12.8 Å². The minimum Gasteiger partial charge on any atom is -0.494 e. The molecule has 2 aromatic carbocycles. The smallest absolute Gasteiger partial charge is 0.152 e. The van der Waals surface area contributed by atoms with E-state index in [-0.39, 0.29) is 0 Å². The molecule has 0 spiro atoms. The summed E-state index contributed by atoms with van der Waals surface area (Å²) < 4.78 is 5.80. The molecule has 144 valence electrons. The summed E-state index contributed by atoms with van der Waals surface area (Å²) in [7, 11) is 0. The second-order valence-corrected chi connectivity index (χ2v) is 6.89. The number of aromatic nitrogens is 5. The SMILES string of the molecule is Nc1nc2cc(-c3ccn[nH]3)ccc2c2c(CCCOc3ccccc3)[nH]nc12. The summed E-state index contributed by atoms with van der Waals surface area (Å²) in [5, 5.41) is 16.6. The van der Waals surface area contributed by atoms with Crippen LogP contribution in [0.4, 0.5) is 5.82 Å². The zero-order chi connectivity index (χ0) is 19.6. The van der Waals surface area contributed by atoms with E-state index in [0.29, 0.717) is 17.9 Å². The van der Waals surface area contributed by atoms with Crippen molar-refractivity contribution in [2.24, 2.45) is 0 Å². The number of benzene rings is 2. The summed E-state index contributed by atoms with van der Waals surface area (Å²) in [6, 6.07) is 17.9. The predicted molar refractivity (Wildman–Crippen MR) is 114 cm³/mol. The van der Waals surface area contributed by atoms with Gasteiger partial charge in [-0.25, -0.2) is 4.98 Å². The molecule has 0 aliphatic heterocycles. The highest BCUT2D eigenvalue weighted by Crippen LogP contribution is 2.32. The van der Waals surface area contributed by atoms with Crippen molar-refractivity contribution in [3.05, 3.63) is 66.5 Å². The lowest BCUT2D eigenvalue weighted by Gasteiger charge is -2.07. The number of hydrogen-bond acceptors (Lipinski definition) is 5. The molecule has 0 saturated heterocycles. The van der Waals surface area contributed by atoms with Gasteiger partial charge in [-0.15, -0.1) is 0 Å². The fourth-order valence-electron chi connectivity index (χ4n) is 3.59. The topological polar surface area (TPSA) is 106 Å². The van der Waals surface area contributed by atoms with E-state index in [1.165, 1.54) is 0 Å².